The predicted molar refractivity (Wildman–Crippen MR) is 109 cm³/mol. The van der Waals surface area contributed by atoms with Gasteiger partial charge in [-0.05, 0) is 80.1 Å². The zero-order chi connectivity index (χ0) is 18.1. The van der Waals surface area contributed by atoms with Gasteiger partial charge < -0.3 is 9.64 Å². The Morgan fingerprint density at radius 2 is 1.88 bits per heavy atom. The van der Waals surface area contributed by atoms with Crippen molar-refractivity contribution in [1.29, 1.82) is 0 Å². The van der Waals surface area contributed by atoms with Gasteiger partial charge in [0.25, 0.3) is 0 Å². The second kappa shape index (κ2) is 7.81. The quantitative estimate of drug-likeness (QED) is 0.632. The molecule has 1 spiro atoms. The fourth-order valence-corrected chi connectivity index (χ4v) is 5.85. The van der Waals surface area contributed by atoms with Gasteiger partial charge in [-0.1, -0.05) is 50.4 Å². The van der Waals surface area contributed by atoms with Gasteiger partial charge in [-0.2, -0.15) is 0 Å². The van der Waals surface area contributed by atoms with Crippen molar-refractivity contribution in [1.82, 2.24) is 4.90 Å². The lowest BCUT2D eigenvalue weighted by molar-refractivity contribution is -0.133. The van der Waals surface area contributed by atoms with Crippen molar-refractivity contribution in [3.8, 4) is 0 Å². The molecule has 0 N–H and O–H groups in total. The van der Waals surface area contributed by atoms with Gasteiger partial charge in [0.05, 0.1) is 12.7 Å². The number of hydrogen-bond acceptors (Lipinski definition) is 2. The lowest BCUT2D eigenvalue weighted by Crippen LogP contribution is -2.49. The fourth-order valence-electron chi connectivity index (χ4n) is 5.65. The SMILES string of the molecule is CC(C)[C@H]1CC2(CCN(C3CCCC3)CC2)CO[C@@H]1c1cccc(Cl)c1. The Hall–Kier alpha value is -0.570. The van der Waals surface area contributed by atoms with E-state index in [0.717, 1.165) is 17.7 Å². The van der Waals surface area contributed by atoms with E-state index < -0.39 is 0 Å². The minimum absolute atomic E-state index is 0.201. The van der Waals surface area contributed by atoms with E-state index in [1.54, 1.807) is 0 Å². The van der Waals surface area contributed by atoms with Gasteiger partial charge in [-0.15, -0.1) is 0 Å². The van der Waals surface area contributed by atoms with Crippen LogP contribution in [0.1, 0.15) is 70.5 Å². The number of ether oxygens (including phenoxy) is 1. The summed E-state index contributed by atoms with van der Waals surface area (Å²) < 4.78 is 6.57. The standard InChI is InChI=1S/C23H34ClNO/c1-17(2)21-15-23(10-12-25(13-11-23)20-8-3-4-9-20)16-26-22(21)18-6-5-7-19(24)14-18/h5-7,14,17,20-22H,3-4,8-13,15-16H2,1-2H3/t21-,22-/m1/s1. The van der Waals surface area contributed by atoms with E-state index in [0.29, 0.717) is 17.3 Å². The molecule has 3 heteroatoms. The summed E-state index contributed by atoms with van der Waals surface area (Å²) >= 11 is 6.25. The largest absolute Gasteiger partial charge is 0.373 e. The van der Waals surface area contributed by atoms with Crippen molar-refractivity contribution < 1.29 is 4.74 Å². The van der Waals surface area contributed by atoms with Crippen LogP contribution in [0.4, 0.5) is 0 Å². The highest BCUT2D eigenvalue weighted by Crippen LogP contribution is 2.50. The molecule has 1 saturated carbocycles. The first-order valence-corrected chi connectivity index (χ1v) is 11.1. The Morgan fingerprint density at radius 1 is 1.15 bits per heavy atom. The van der Waals surface area contributed by atoms with E-state index in [9.17, 15) is 0 Å². The molecule has 3 aliphatic rings. The van der Waals surface area contributed by atoms with Crippen LogP contribution in [0.5, 0.6) is 0 Å². The Labute approximate surface area is 164 Å². The van der Waals surface area contributed by atoms with E-state index in [4.69, 9.17) is 16.3 Å². The number of halogens is 1. The smallest absolute Gasteiger partial charge is 0.0856 e. The van der Waals surface area contributed by atoms with Crippen LogP contribution in [0.2, 0.25) is 5.02 Å². The highest BCUT2D eigenvalue weighted by molar-refractivity contribution is 6.30. The fraction of sp³-hybridized carbons (Fsp3) is 0.739. The number of benzene rings is 1. The molecular formula is C23H34ClNO. The van der Waals surface area contributed by atoms with Gasteiger partial charge in [0.1, 0.15) is 0 Å². The summed E-state index contributed by atoms with van der Waals surface area (Å²) in [5.41, 5.74) is 1.66. The first-order valence-electron chi connectivity index (χ1n) is 10.7. The number of likely N-dealkylation sites (tertiary alicyclic amines) is 1. The van der Waals surface area contributed by atoms with Crippen molar-refractivity contribution in [3.63, 3.8) is 0 Å². The summed E-state index contributed by atoms with van der Waals surface area (Å²) in [6, 6.07) is 9.17. The molecule has 0 unspecified atom stereocenters. The molecule has 3 fully saturated rings. The second-order valence-corrected chi connectivity index (χ2v) is 9.81. The lowest BCUT2D eigenvalue weighted by atomic mass is 9.66. The van der Waals surface area contributed by atoms with Gasteiger partial charge in [-0.3, -0.25) is 0 Å². The number of nitrogens with zero attached hydrogens (tertiary/aromatic N) is 1. The summed E-state index contributed by atoms with van der Waals surface area (Å²) in [6.45, 7) is 8.20. The van der Waals surface area contributed by atoms with Crippen LogP contribution in [0.3, 0.4) is 0 Å². The van der Waals surface area contributed by atoms with E-state index in [1.165, 1.54) is 63.6 Å². The number of rotatable bonds is 3. The molecule has 2 atom stereocenters. The molecule has 2 saturated heterocycles. The molecule has 0 bridgehead atoms. The third kappa shape index (κ3) is 3.84. The van der Waals surface area contributed by atoms with Crippen LogP contribution in [0, 0.1) is 17.3 Å². The maximum absolute atomic E-state index is 6.57. The Kier molecular flexibility index (Phi) is 5.64. The Balaban J connectivity index is 1.45. The van der Waals surface area contributed by atoms with Crippen molar-refractivity contribution >= 4 is 11.6 Å². The number of piperidine rings is 1. The van der Waals surface area contributed by atoms with Gasteiger partial charge in [-0.25, -0.2) is 0 Å². The maximum Gasteiger partial charge on any atom is 0.0856 e. The molecule has 26 heavy (non-hydrogen) atoms. The van der Waals surface area contributed by atoms with Gasteiger partial charge in [0.2, 0.25) is 0 Å². The molecule has 0 amide bonds. The first kappa shape index (κ1) is 18.8. The maximum atomic E-state index is 6.57. The average molecular weight is 376 g/mol. The van der Waals surface area contributed by atoms with Gasteiger partial charge >= 0.3 is 0 Å². The highest BCUT2D eigenvalue weighted by Gasteiger charge is 2.45. The molecule has 1 aliphatic carbocycles. The zero-order valence-electron chi connectivity index (χ0n) is 16.4. The van der Waals surface area contributed by atoms with E-state index >= 15 is 0 Å². The number of hydrogen-bond donors (Lipinski definition) is 0. The topological polar surface area (TPSA) is 12.5 Å². The molecule has 0 radical (unpaired) electrons. The van der Waals surface area contributed by atoms with Gasteiger partial charge in [0.15, 0.2) is 0 Å². The van der Waals surface area contributed by atoms with Gasteiger partial charge in [0, 0.05) is 11.1 Å². The molecule has 2 heterocycles. The van der Waals surface area contributed by atoms with E-state index in [1.807, 2.05) is 6.07 Å². The monoisotopic (exact) mass is 375 g/mol. The summed E-state index contributed by atoms with van der Waals surface area (Å²) in [5, 5.41) is 0.818. The summed E-state index contributed by atoms with van der Waals surface area (Å²) in [5.74, 6) is 1.21. The van der Waals surface area contributed by atoms with Crippen LogP contribution in [-0.4, -0.2) is 30.6 Å². The third-order valence-electron chi connectivity index (χ3n) is 7.36. The molecule has 2 aliphatic heterocycles. The van der Waals surface area contributed by atoms with Crippen LogP contribution >= 0.6 is 11.6 Å². The second-order valence-electron chi connectivity index (χ2n) is 9.37. The molecule has 1 aromatic carbocycles. The Bertz CT molecular complexity index is 602. The molecule has 144 valence electrons. The minimum atomic E-state index is 0.201. The average Bonchev–Trinajstić information content (AvgIpc) is 3.17. The molecular weight excluding hydrogens is 342 g/mol. The summed E-state index contributed by atoms with van der Waals surface area (Å²) in [4.78, 5) is 2.78. The van der Waals surface area contributed by atoms with E-state index in [2.05, 4.69) is 36.9 Å². The molecule has 0 aromatic heterocycles. The van der Waals surface area contributed by atoms with Crippen LogP contribution < -0.4 is 0 Å². The predicted octanol–water partition coefficient (Wildman–Crippen LogP) is 6.10. The van der Waals surface area contributed by atoms with Crippen molar-refractivity contribution in [2.24, 2.45) is 17.3 Å². The zero-order valence-corrected chi connectivity index (χ0v) is 17.2. The highest BCUT2D eigenvalue weighted by atomic mass is 35.5. The minimum Gasteiger partial charge on any atom is -0.373 e. The molecule has 4 rings (SSSR count). The summed E-state index contributed by atoms with van der Waals surface area (Å²) in [7, 11) is 0. The lowest BCUT2D eigenvalue weighted by Gasteiger charge is -2.50. The Morgan fingerprint density at radius 3 is 2.54 bits per heavy atom. The van der Waals surface area contributed by atoms with Crippen LogP contribution in [0.15, 0.2) is 24.3 Å². The summed E-state index contributed by atoms with van der Waals surface area (Å²) in [6.07, 6.45) is 9.86. The van der Waals surface area contributed by atoms with Crippen molar-refractivity contribution in [2.75, 3.05) is 19.7 Å². The first-order chi connectivity index (χ1) is 12.6. The van der Waals surface area contributed by atoms with Crippen molar-refractivity contribution in [3.05, 3.63) is 34.9 Å². The normalized spacial score (nSPS) is 30.3. The molecule has 2 nitrogen and oxygen atoms in total. The third-order valence-corrected chi connectivity index (χ3v) is 7.60. The van der Waals surface area contributed by atoms with Crippen LogP contribution in [0.25, 0.3) is 0 Å². The molecule has 1 aromatic rings. The van der Waals surface area contributed by atoms with E-state index in [-0.39, 0.29) is 6.10 Å². The van der Waals surface area contributed by atoms with Crippen LogP contribution in [-0.2, 0) is 4.74 Å². The van der Waals surface area contributed by atoms with Crippen molar-refractivity contribution in [2.45, 2.75) is 70.9 Å².